The second-order valence-electron chi connectivity index (χ2n) is 8.99. The van der Waals surface area contributed by atoms with Crippen LogP contribution in [0.3, 0.4) is 0 Å². The van der Waals surface area contributed by atoms with Crippen molar-refractivity contribution >= 4 is 15.6 Å². The molecule has 1 atom stereocenters. The molecule has 2 aliphatic rings. The van der Waals surface area contributed by atoms with Gasteiger partial charge in [0.05, 0.1) is 18.1 Å². The first-order valence-corrected chi connectivity index (χ1v) is 12.3. The maximum atomic E-state index is 13.5. The number of fused-ring (bicyclic) bond motifs is 1. The summed E-state index contributed by atoms with van der Waals surface area (Å²) in [6.07, 6.45) is 0.755. The molecule has 0 aromatic heterocycles. The van der Waals surface area contributed by atoms with Crippen LogP contribution in [0, 0.1) is 12.3 Å². The first-order chi connectivity index (χ1) is 15.3. The molecule has 2 aromatic carbocycles. The number of rotatable bonds is 7. The average Bonchev–Trinajstić information content (AvgIpc) is 3.13. The lowest BCUT2D eigenvalue weighted by Gasteiger charge is -2.36. The smallest absolute Gasteiger partial charge is 0.243 e. The molecule has 1 heterocycles. The van der Waals surface area contributed by atoms with E-state index in [0.717, 1.165) is 34.3 Å². The van der Waals surface area contributed by atoms with Crippen LogP contribution in [0.1, 0.15) is 24.5 Å². The molecule has 5 nitrogen and oxygen atoms in total. The van der Waals surface area contributed by atoms with Crippen LogP contribution in [0.15, 0.2) is 76.2 Å². The molecular formula is C26H31NO4S. The molecular weight excluding hydrogens is 422 g/mol. The summed E-state index contributed by atoms with van der Waals surface area (Å²) in [7, 11) is -0.205. The average molecular weight is 454 g/mol. The summed E-state index contributed by atoms with van der Waals surface area (Å²) in [5, 5.41) is 0. The van der Waals surface area contributed by atoms with E-state index >= 15 is 0 Å². The molecule has 4 rings (SSSR count). The van der Waals surface area contributed by atoms with Gasteiger partial charge in [0.1, 0.15) is 0 Å². The normalized spacial score (nSPS) is 21.9. The van der Waals surface area contributed by atoms with Crippen molar-refractivity contribution in [3.05, 3.63) is 82.4 Å². The van der Waals surface area contributed by atoms with E-state index in [2.05, 4.69) is 19.1 Å². The Labute approximate surface area is 191 Å². The number of nitrogens with zero attached hydrogens (tertiary/aromatic N) is 1. The van der Waals surface area contributed by atoms with Gasteiger partial charge in [0.15, 0.2) is 0 Å². The first-order valence-electron chi connectivity index (χ1n) is 10.8. The largest absolute Gasteiger partial charge is 0.380 e. The van der Waals surface area contributed by atoms with Crippen LogP contribution in [-0.4, -0.2) is 53.2 Å². The molecule has 0 saturated carbocycles. The molecule has 0 amide bonds. The van der Waals surface area contributed by atoms with Crippen molar-refractivity contribution in [2.45, 2.75) is 25.2 Å². The highest BCUT2D eigenvalue weighted by Crippen LogP contribution is 2.51. The molecule has 32 heavy (non-hydrogen) atoms. The topological polar surface area (TPSA) is 55.8 Å². The SMILES string of the molecule is COCC1=C(COC)C(c2ccccc2)=C2CN(S(=O)(=O)c3ccc(C)cc3)C[C@@]2(C)C1. The minimum Gasteiger partial charge on any atom is -0.380 e. The zero-order valence-electron chi connectivity index (χ0n) is 19.2. The molecule has 1 aliphatic carbocycles. The van der Waals surface area contributed by atoms with Crippen molar-refractivity contribution in [1.29, 1.82) is 0 Å². The highest BCUT2D eigenvalue weighted by molar-refractivity contribution is 7.89. The number of methoxy groups -OCH3 is 2. The van der Waals surface area contributed by atoms with Gasteiger partial charge in [-0.15, -0.1) is 0 Å². The van der Waals surface area contributed by atoms with Gasteiger partial charge in [-0.2, -0.15) is 4.31 Å². The lowest BCUT2D eigenvalue weighted by molar-refractivity contribution is 0.203. The summed E-state index contributed by atoms with van der Waals surface area (Å²) in [4.78, 5) is 0.342. The maximum Gasteiger partial charge on any atom is 0.243 e. The Morgan fingerprint density at radius 1 is 0.969 bits per heavy atom. The highest BCUT2D eigenvalue weighted by atomic mass is 32.2. The predicted molar refractivity (Wildman–Crippen MR) is 127 cm³/mol. The van der Waals surface area contributed by atoms with Crippen LogP contribution in [0.4, 0.5) is 0 Å². The molecule has 6 heteroatoms. The van der Waals surface area contributed by atoms with E-state index in [9.17, 15) is 8.42 Å². The van der Waals surface area contributed by atoms with Crippen LogP contribution in [0.5, 0.6) is 0 Å². The number of ether oxygens (including phenoxy) is 2. The van der Waals surface area contributed by atoms with Gasteiger partial charge in [-0.25, -0.2) is 8.42 Å². The summed E-state index contributed by atoms with van der Waals surface area (Å²) in [5.41, 5.74) is 6.38. The summed E-state index contributed by atoms with van der Waals surface area (Å²) >= 11 is 0. The summed E-state index contributed by atoms with van der Waals surface area (Å²) in [5.74, 6) is 0. The first kappa shape index (κ1) is 22.9. The Hall–Kier alpha value is -2.25. The third-order valence-electron chi connectivity index (χ3n) is 6.55. The Morgan fingerprint density at radius 3 is 2.25 bits per heavy atom. The number of benzene rings is 2. The number of aryl methyl sites for hydroxylation is 1. The minimum absolute atomic E-state index is 0.298. The van der Waals surface area contributed by atoms with E-state index < -0.39 is 10.0 Å². The van der Waals surface area contributed by atoms with Crippen molar-refractivity contribution in [3.63, 3.8) is 0 Å². The van der Waals surface area contributed by atoms with E-state index in [1.807, 2.05) is 37.3 Å². The molecule has 0 spiro atoms. The minimum atomic E-state index is -3.60. The number of sulfonamides is 1. The molecule has 2 aromatic rings. The van der Waals surface area contributed by atoms with E-state index in [4.69, 9.17) is 9.47 Å². The van der Waals surface area contributed by atoms with Crippen LogP contribution >= 0.6 is 0 Å². The van der Waals surface area contributed by atoms with Crippen LogP contribution in [0.25, 0.3) is 5.57 Å². The van der Waals surface area contributed by atoms with Crippen LogP contribution in [-0.2, 0) is 19.5 Å². The summed E-state index contributed by atoms with van der Waals surface area (Å²) in [6.45, 7) is 5.93. The fourth-order valence-corrected chi connectivity index (χ4v) is 6.53. The van der Waals surface area contributed by atoms with Crippen LogP contribution < -0.4 is 0 Å². The molecule has 1 fully saturated rings. The van der Waals surface area contributed by atoms with Gasteiger partial charge in [0.25, 0.3) is 0 Å². The molecule has 170 valence electrons. The van der Waals surface area contributed by atoms with E-state index in [1.165, 1.54) is 5.57 Å². The van der Waals surface area contributed by atoms with Gasteiger partial charge in [-0.1, -0.05) is 55.0 Å². The Bertz CT molecular complexity index is 1150. The zero-order chi connectivity index (χ0) is 22.9. The van der Waals surface area contributed by atoms with Crippen molar-refractivity contribution in [2.75, 3.05) is 40.5 Å². The van der Waals surface area contributed by atoms with E-state index in [0.29, 0.717) is 31.2 Å². The van der Waals surface area contributed by atoms with E-state index in [1.54, 1.807) is 30.7 Å². The van der Waals surface area contributed by atoms with Crippen LogP contribution in [0.2, 0.25) is 0 Å². The summed E-state index contributed by atoms with van der Waals surface area (Å²) < 4.78 is 39.8. The summed E-state index contributed by atoms with van der Waals surface area (Å²) in [6, 6.07) is 17.3. The quantitative estimate of drug-likeness (QED) is 0.621. The Kier molecular flexibility index (Phi) is 6.41. The van der Waals surface area contributed by atoms with Crippen molar-refractivity contribution < 1.29 is 17.9 Å². The fraction of sp³-hybridized carbons (Fsp3) is 0.385. The van der Waals surface area contributed by atoms with Gasteiger partial charge in [0.2, 0.25) is 10.0 Å². The lowest BCUT2D eigenvalue weighted by atomic mass is 9.69. The highest BCUT2D eigenvalue weighted by Gasteiger charge is 2.48. The molecule has 0 bridgehead atoms. The van der Waals surface area contributed by atoms with E-state index in [-0.39, 0.29) is 5.41 Å². The fourth-order valence-electron chi connectivity index (χ4n) is 5.00. The zero-order valence-corrected chi connectivity index (χ0v) is 20.0. The lowest BCUT2D eigenvalue weighted by Crippen LogP contribution is -2.32. The molecule has 0 unspecified atom stereocenters. The van der Waals surface area contributed by atoms with Gasteiger partial charge in [0, 0.05) is 32.7 Å². The molecule has 1 aliphatic heterocycles. The van der Waals surface area contributed by atoms with Gasteiger partial charge in [-0.3, -0.25) is 0 Å². The second kappa shape index (κ2) is 8.94. The maximum absolute atomic E-state index is 13.5. The van der Waals surface area contributed by atoms with Crippen molar-refractivity contribution in [2.24, 2.45) is 5.41 Å². The van der Waals surface area contributed by atoms with Gasteiger partial charge >= 0.3 is 0 Å². The number of hydrogen-bond donors (Lipinski definition) is 0. The number of hydrogen-bond acceptors (Lipinski definition) is 4. The predicted octanol–water partition coefficient (Wildman–Crippen LogP) is 4.45. The van der Waals surface area contributed by atoms with Crippen molar-refractivity contribution in [3.8, 4) is 0 Å². The van der Waals surface area contributed by atoms with Crippen molar-refractivity contribution in [1.82, 2.24) is 4.31 Å². The van der Waals surface area contributed by atoms with Gasteiger partial charge < -0.3 is 9.47 Å². The molecule has 0 N–H and O–H groups in total. The monoisotopic (exact) mass is 453 g/mol. The van der Waals surface area contributed by atoms with Gasteiger partial charge in [-0.05, 0) is 53.3 Å². The Balaban J connectivity index is 1.84. The molecule has 0 radical (unpaired) electrons. The Morgan fingerprint density at radius 2 is 1.62 bits per heavy atom. The third-order valence-corrected chi connectivity index (χ3v) is 8.36. The standard InChI is InChI=1S/C26H31NO4S/c1-19-10-12-22(13-11-19)32(28,29)27-15-24-25(20-8-6-5-7-9-20)23(17-31-4)21(16-30-3)14-26(24,2)18-27/h5-13H,14-18H2,1-4H3/t26-/m1/s1. The third kappa shape index (κ3) is 4.08. The second-order valence-corrected chi connectivity index (χ2v) is 10.9. The molecule has 1 saturated heterocycles.